The Morgan fingerprint density at radius 2 is 1.84 bits per heavy atom. The first-order valence-corrected chi connectivity index (χ1v) is 11.9. The number of aromatic nitrogens is 2. The molecule has 0 amide bonds. The Kier molecular flexibility index (Phi) is 5.97. The van der Waals surface area contributed by atoms with Crippen LogP contribution in [0, 0.1) is 0 Å². The Morgan fingerprint density at radius 3 is 2.62 bits per heavy atom. The molecule has 1 fully saturated rings. The third-order valence-corrected chi connectivity index (χ3v) is 6.94. The smallest absolute Gasteiger partial charge is 0.133 e. The van der Waals surface area contributed by atoms with Gasteiger partial charge in [0.1, 0.15) is 11.6 Å². The highest BCUT2D eigenvalue weighted by Gasteiger charge is 2.22. The fourth-order valence-electron chi connectivity index (χ4n) is 5.24. The molecule has 5 heteroatoms. The molecule has 1 aromatic carbocycles. The first-order chi connectivity index (χ1) is 15.7. The number of fused-ring (bicyclic) bond motifs is 1. The maximum atomic E-state index is 4.71. The second kappa shape index (κ2) is 9.19. The van der Waals surface area contributed by atoms with Crippen LogP contribution in [0.2, 0.25) is 0 Å². The lowest BCUT2D eigenvalue weighted by Gasteiger charge is -2.31. The highest BCUT2D eigenvalue weighted by Crippen LogP contribution is 2.39. The third-order valence-electron chi connectivity index (χ3n) is 6.94. The number of nitrogens with one attached hydrogen (secondary N) is 1. The van der Waals surface area contributed by atoms with E-state index in [-0.39, 0.29) is 0 Å². The molecule has 32 heavy (non-hydrogen) atoms. The van der Waals surface area contributed by atoms with Gasteiger partial charge >= 0.3 is 0 Å². The fraction of sp³-hybridized carbons (Fsp3) is 0.407. The minimum atomic E-state index is 0.690. The molecule has 5 rings (SSSR count). The normalized spacial score (nSPS) is 16.5. The van der Waals surface area contributed by atoms with Crippen LogP contribution in [0.3, 0.4) is 0 Å². The zero-order valence-corrected chi connectivity index (χ0v) is 19.2. The second-order valence-corrected chi connectivity index (χ2v) is 9.28. The minimum absolute atomic E-state index is 0.690. The molecule has 0 saturated heterocycles. The van der Waals surface area contributed by atoms with Gasteiger partial charge in [0.2, 0.25) is 0 Å². The molecule has 1 aliphatic heterocycles. The van der Waals surface area contributed by atoms with Crippen molar-refractivity contribution >= 4 is 23.0 Å². The molecule has 0 unspecified atom stereocenters. The summed E-state index contributed by atoms with van der Waals surface area (Å²) >= 11 is 0. The summed E-state index contributed by atoms with van der Waals surface area (Å²) in [6.07, 6.45) is 11.5. The monoisotopic (exact) mass is 427 g/mol. The van der Waals surface area contributed by atoms with Crippen LogP contribution >= 0.6 is 0 Å². The number of hydrogen-bond donors (Lipinski definition) is 1. The van der Waals surface area contributed by atoms with Gasteiger partial charge in [0.05, 0.1) is 0 Å². The molecule has 0 spiro atoms. The summed E-state index contributed by atoms with van der Waals surface area (Å²) in [5.74, 6) is 2.71. The summed E-state index contributed by atoms with van der Waals surface area (Å²) < 4.78 is 0. The van der Waals surface area contributed by atoms with Gasteiger partial charge in [-0.05, 0) is 66.6 Å². The van der Waals surface area contributed by atoms with Gasteiger partial charge in [0.25, 0.3) is 0 Å². The molecule has 2 aromatic heterocycles. The largest absolute Gasteiger partial charge is 0.377 e. The summed E-state index contributed by atoms with van der Waals surface area (Å²) in [4.78, 5) is 13.8. The van der Waals surface area contributed by atoms with Crippen LogP contribution in [-0.2, 0) is 13.0 Å². The Balaban J connectivity index is 1.38. The summed E-state index contributed by atoms with van der Waals surface area (Å²) in [6, 6.07) is 15.1. The van der Waals surface area contributed by atoms with E-state index in [4.69, 9.17) is 4.98 Å². The average molecular weight is 428 g/mol. The van der Waals surface area contributed by atoms with Crippen molar-refractivity contribution in [2.45, 2.75) is 51.0 Å². The van der Waals surface area contributed by atoms with Crippen molar-refractivity contribution in [3.8, 4) is 0 Å². The van der Waals surface area contributed by atoms with E-state index in [1.165, 1.54) is 54.5 Å². The molecule has 0 bridgehead atoms. The zero-order chi connectivity index (χ0) is 21.9. The Hall–Kier alpha value is -3.08. The van der Waals surface area contributed by atoms with E-state index in [0.717, 1.165) is 36.8 Å². The Bertz CT molecular complexity index is 1060. The SMILES string of the molecule is CN(C)c1cc(Nc2nccc3c2CCN(c2ccccn2)C3)ccc1C1CCCCC1. The van der Waals surface area contributed by atoms with Gasteiger partial charge in [-0.1, -0.05) is 31.4 Å². The van der Waals surface area contributed by atoms with Crippen LogP contribution in [0.25, 0.3) is 0 Å². The van der Waals surface area contributed by atoms with Crippen molar-refractivity contribution in [3.05, 3.63) is 71.5 Å². The van der Waals surface area contributed by atoms with Crippen molar-refractivity contribution in [3.63, 3.8) is 0 Å². The number of nitrogens with zero attached hydrogens (tertiary/aromatic N) is 4. The van der Waals surface area contributed by atoms with Gasteiger partial charge in [-0.3, -0.25) is 0 Å². The standard InChI is InChI=1S/C27H33N5/c1-31(2)25-18-22(11-12-23(25)20-8-4-3-5-9-20)30-27-24-14-17-32(19-21(24)13-16-29-27)26-10-6-7-15-28-26/h6-7,10-13,15-16,18,20H,3-5,8-9,14,17,19H2,1-2H3,(H,29,30). The molecule has 3 aromatic rings. The van der Waals surface area contributed by atoms with E-state index in [0.29, 0.717) is 5.92 Å². The highest BCUT2D eigenvalue weighted by molar-refractivity contribution is 5.69. The summed E-state index contributed by atoms with van der Waals surface area (Å²) in [7, 11) is 4.31. The molecule has 1 N–H and O–H groups in total. The van der Waals surface area contributed by atoms with Crippen LogP contribution in [0.4, 0.5) is 23.0 Å². The molecule has 5 nitrogen and oxygen atoms in total. The molecule has 1 saturated carbocycles. The molecule has 3 heterocycles. The maximum Gasteiger partial charge on any atom is 0.133 e. The van der Waals surface area contributed by atoms with Crippen molar-refractivity contribution in [1.82, 2.24) is 9.97 Å². The lowest BCUT2D eigenvalue weighted by atomic mass is 9.83. The van der Waals surface area contributed by atoms with Gasteiger partial charge in [0.15, 0.2) is 0 Å². The van der Waals surface area contributed by atoms with Gasteiger partial charge in [-0.25, -0.2) is 9.97 Å². The highest BCUT2D eigenvalue weighted by atomic mass is 15.2. The Morgan fingerprint density at radius 1 is 0.969 bits per heavy atom. The number of rotatable bonds is 5. The van der Waals surface area contributed by atoms with E-state index >= 15 is 0 Å². The number of hydrogen-bond acceptors (Lipinski definition) is 5. The van der Waals surface area contributed by atoms with Crippen LogP contribution in [0.5, 0.6) is 0 Å². The van der Waals surface area contributed by atoms with E-state index in [1.54, 1.807) is 0 Å². The Labute approximate surface area is 191 Å². The summed E-state index contributed by atoms with van der Waals surface area (Å²) in [5, 5.41) is 3.64. The quantitative estimate of drug-likeness (QED) is 0.549. The predicted molar refractivity (Wildman–Crippen MR) is 133 cm³/mol. The zero-order valence-electron chi connectivity index (χ0n) is 19.2. The molecular weight excluding hydrogens is 394 g/mol. The molecule has 166 valence electrons. The first-order valence-electron chi connectivity index (χ1n) is 11.9. The number of benzene rings is 1. The third kappa shape index (κ3) is 4.29. The van der Waals surface area contributed by atoms with Crippen LogP contribution in [0.15, 0.2) is 54.9 Å². The lowest BCUT2D eigenvalue weighted by molar-refractivity contribution is 0.444. The molecular formula is C27H33N5. The van der Waals surface area contributed by atoms with Crippen LogP contribution in [-0.4, -0.2) is 30.6 Å². The van der Waals surface area contributed by atoms with Gasteiger partial charge in [-0.2, -0.15) is 0 Å². The molecule has 0 radical (unpaired) electrons. The van der Waals surface area contributed by atoms with Crippen molar-refractivity contribution in [1.29, 1.82) is 0 Å². The van der Waals surface area contributed by atoms with Crippen LogP contribution < -0.4 is 15.1 Å². The maximum absolute atomic E-state index is 4.71. The van der Waals surface area contributed by atoms with Crippen molar-refractivity contribution in [2.24, 2.45) is 0 Å². The molecule has 2 aliphatic rings. The topological polar surface area (TPSA) is 44.3 Å². The van der Waals surface area contributed by atoms with E-state index in [2.05, 4.69) is 70.6 Å². The predicted octanol–water partition coefficient (Wildman–Crippen LogP) is 5.90. The van der Waals surface area contributed by atoms with Crippen LogP contribution in [0.1, 0.15) is 54.7 Å². The summed E-state index contributed by atoms with van der Waals surface area (Å²) in [5.41, 5.74) is 6.58. The average Bonchev–Trinajstić information content (AvgIpc) is 2.85. The molecule has 0 atom stereocenters. The van der Waals surface area contributed by atoms with Gasteiger partial charge in [-0.15, -0.1) is 0 Å². The number of anilines is 4. The fourth-order valence-corrected chi connectivity index (χ4v) is 5.24. The molecule has 1 aliphatic carbocycles. The first kappa shape index (κ1) is 20.8. The van der Waals surface area contributed by atoms with E-state index in [1.807, 2.05) is 18.5 Å². The van der Waals surface area contributed by atoms with E-state index < -0.39 is 0 Å². The van der Waals surface area contributed by atoms with Crippen molar-refractivity contribution in [2.75, 3.05) is 35.8 Å². The van der Waals surface area contributed by atoms with E-state index in [9.17, 15) is 0 Å². The van der Waals surface area contributed by atoms with Gasteiger partial charge in [0, 0.05) is 56.5 Å². The van der Waals surface area contributed by atoms with Gasteiger partial charge < -0.3 is 15.1 Å². The second-order valence-electron chi connectivity index (χ2n) is 9.28. The lowest BCUT2D eigenvalue weighted by Crippen LogP contribution is -2.31. The summed E-state index contributed by atoms with van der Waals surface area (Å²) in [6.45, 7) is 1.82. The number of pyridine rings is 2. The minimum Gasteiger partial charge on any atom is -0.377 e. The van der Waals surface area contributed by atoms with Crippen molar-refractivity contribution < 1.29 is 0 Å².